The molecular weight excluding hydrogens is 200 g/mol. The Bertz CT molecular complexity index is 459. The molecule has 0 aliphatic heterocycles. The highest BCUT2D eigenvalue weighted by molar-refractivity contribution is 5.57. The first-order valence-electron chi connectivity index (χ1n) is 5.41. The molecule has 0 bridgehead atoms. The molecule has 4 nitrogen and oxygen atoms in total. The van der Waals surface area contributed by atoms with Crippen LogP contribution in [0.2, 0.25) is 0 Å². The van der Waals surface area contributed by atoms with E-state index in [0.29, 0.717) is 12.6 Å². The van der Waals surface area contributed by atoms with E-state index >= 15 is 0 Å². The Morgan fingerprint density at radius 1 is 1.44 bits per heavy atom. The SMILES string of the molecule is CC(C)n1nc(-c2cccnc2)cc1CN. The molecule has 0 radical (unpaired) electrons. The summed E-state index contributed by atoms with van der Waals surface area (Å²) in [7, 11) is 0. The summed E-state index contributed by atoms with van der Waals surface area (Å²) in [6, 6.07) is 6.26. The molecule has 4 heteroatoms. The van der Waals surface area contributed by atoms with E-state index in [1.807, 2.05) is 29.1 Å². The van der Waals surface area contributed by atoms with Crippen molar-refractivity contribution in [2.75, 3.05) is 0 Å². The van der Waals surface area contributed by atoms with Crippen LogP contribution in [0.4, 0.5) is 0 Å². The van der Waals surface area contributed by atoms with E-state index in [2.05, 4.69) is 23.9 Å². The number of hydrogen-bond acceptors (Lipinski definition) is 3. The normalized spacial score (nSPS) is 11.0. The van der Waals surface area contributed by atoms with Gasteiger partial charge in [-0.25, -0.2) is 0 Å². The molecule has 0 fully saturated rings. The molecule has 2 aromatic rings. The van der Waals surface area contributed by atoms with Crippen LogP contribution >= 0.6 is 0 Å². The zero-order valence-electron chi connectivity index (χ0n) is 9.59. The van der Waals surface area contributed by atoms with Crippen LogP contribution in [0, 0.1) is 0 Å². The lowest BCUT2D eigenvalue weighted by Crippen LogP contribution is -2.10. The van der Waals surface area contributed by atoms with E-state index in [0.717, 1.165) is 17.0 Å². The molecule has 16 heavy (non-hydrogen) atoms. The number of nitrogens with zero attached hydrogens (tertiary/aromatic N) is 3. The maximum Gasteiger partial charge on any atom is 0.0942 e. The van der Waals surface area contributed by atoms with E-state index in [-0.39, 0.29) is 0 Å². The summed E-state index contributed by atoms with van der Waals surface area (Å²) < 4.78 is 1.96. The van der Waals surface area contributed by atoms with E-state index < -0.39 is 0 Å². The molecule has 0 amide bonds. The second kappa shape index (κ2) is 4.45. The van der Waals surface area contributed by atoms with Crippen molar-refractivity contribution in [2.45, 2.75) is 26.4 Å². The molecule has 0 aliphatic carbocycles. The Morgan fingerprint density at radius 2 is 2.25 bits per heavy atom. The smallest absolute Gasteiger partial charge is 0.0942 e. The van der Waals surface area contributed by atoms with Crippen LogP contribution < -0.4 is 5.73 Å². The van der Waals surface area contributed by atoms with Crippen molar-refractivity contribution in [1.82, 2.24) is 14.8 Å². The molecule has 0 unspecified atom stereocenters. The molecule has 0 saturated heterocycles. The standard InChI is InChI=1S/C12H16N4/c1-9(2)16-11(7-13)6-12(15-16)10-4-3-5-14-8-10/h3-6,8-9H,7,13H2,1-2H3. The predicted molar refractivity (Wildman–Crippen MR) is 63.7 cm³/mol. The maximum atomic E-state index is 5.70. The monoisotopic (exact) mass is 216 g/mol. The van der Waals surface area contributed by atoms with Crippen LogP contribution in [-0.4, -0.2) is 14.8 Å². The minimum Gasteiger partial charge on any atom is -0.325 e. The fourth-order valence-electron chi connectivity index (χ4n) is 1.69. The predicted octanol–water partition coefficient (Wildman–Crippen LogP) is 1.98. The third-order valence-electron chi connectivity index (χ3n) is 2.47. The topological polar surface area (TPSA) is 56.7 Å². The van der Waals surface area contributed by atoms with Gasteiger partial charge in [0.25, 0.3) is 0 Å². The Hall–Kier alpha value is -1.68. The van der Waals surface area contributed by atoms with Crippen molar-refractivity contribution in [3.63, 3.8) is 0 Å². The fraction of sp³-hybridized carbons (Fsp3) is 0.333. The molecule has 0 saturated carbocycles. The lowest BCUT2D eigenvalue weighted by molar-refractivity contribution is 0.511. The van der Waals surface area contributed by atoms with Gasteiger partial charge in [0.05, 0.1) is 11.4 Å². The molecule has 2 N–H and O–H groups in total. The molecule has 0 aliphatic rings. The van der Waals surface area contributed by atoms with E-state index in [9.17, 15) is 0 Å². The molecular formula is C12H16N4. The minimum atomic E-state index is 0.323. The summed E-state index contributed by atoms with van der Waals surface area (Å²) in [5.41, 5.74) is 8.71. The van der Waals surface area contributed by atoms with Gasteiger partial charge in [0.1, 0.15) is 0 Å². The van der Waals surface area contributed by atoms with Gasteiger partial charge < -0.3 is 5.73 Å². The highest BCUT2D eigenvalue weighted by Gasteiger charge is 2.10. The second-order valence-electron chi connectivity index (χ2n) is 4.01. The summed E-state index contributed by atoms with van der Waals surface area (Å²) in [4.78, 5) is 4.09. The van der Waals surface area contributed by atoms with Crippen LogP contribution in [0.5, 0.6) is 0 Å². The average Bonchev–Trinajstić information content (AvgIpc) is 2.74. The molecule has 2 aromatic heterocycles. The number of hydrogen-bond donors (Lipinski definition) is 1. The Kier molecular flexibility index (Phi) is 3.01. The van der Waals surface area contributed by atoms with Gasteiger partial charge in [0, 0.05) is 30.5 Å². The summed E-state index contributed by atoms with van der Waals surface area (Å²) >= 11 is 0. The lowest BCUT2D eigenvalue weighted by atomic mass is 10.2. The quantitative estimate of drug-likeness (QED) is 0.853. The average molecular weight is 216 g/mol. The van der Waals surface area contributed by atoms with Gasteiger partial charge in [0.15, 0.2) is 0 Å². The molecule has 0 atom stereocenters. The van der Waals surface area contributed by atoms with Crippen LogP contribution in [-0.2, 0) is 6.54 Å². The Labute approximate surface area is 95.1 Å². The molecule has 0 aromatic carbocycles. The van der Waals surface area contributed by atoms with Crippen molar-refractivity contribution in [2.24, 2.45) is 5.73 Å². The largest absolute Gasteiger partial charge is 0.325 e. The van der Waals surface area contributed by atoms with Crippen molar-refractivity contribution in [3.05, 3.63) is 36.3 Å². The maximum absolute atomic E-state index is 5.70. The van der Waals surface area contributed by atoms with Crippen LogP contribution in [0.15, 0.2) is 30.6 Å². The van der Waals surface area contributed by atoms with Gasteiger partial charge in [-0.05, 0) is 32.0 Å². The number of rotatable bonds is 3. The highest BCUT2D eigenvalue weighted by atomic mass is 15.3. The molecule has 84 valence electrons. The zero-order chi connectivity index (χ0) is 11.5. The summed E-state index contributed by atoms with van der Waals surface area (Å²) in [6.07, 6.45) is 3.57. The summed E-state index contributed by atoms with van der Waals surface area (Å²) in [5, 5.41) is 4.55. The number of nitrogens with two attached hydrogens (primary N) is 1. The van der Waals surface area contributed by atoms with Crippen molar-refractivity contribution in [1.29, 1.82) is 0 Å². The van der Waals surface area contributed by atoms with Crippen LogP contribution in [0.25, 0.3) is 11.3 Å². The fourth-order valence-corrected chi connectivity index (χ4v) is 1.69. The molecule has 0 spiro atoms. The first-order chi connectivity index (χ1) is 7.72. The Balaban J connectivity index is 2.44. The second-order valence-corrected chi connectivity index (χ2v) is 4.01. The lowest BCUT2D eigenvalue weighted by Gasteiger charge is -2.08. The van der Waals surface area contributed by atoms with Gasteiger partial charge in [-0.3, -0.25) is 9.67 Å². The third-order valence-corrected chi connectivity index (χ3v) is 2.47. The zero-order valence-corrected chi connectivity index (χ0v) is 9.59. The highest BCUT2D eigenvalue weighted by Crippen LogP contribution is 2.20. The van der Waals surface area contributed by atoms with Gasteiger partial charge >= 0.3 is 0 Å². The van der Waals surface area contributed by atoms with E-state index in [1.165, 1.54) is 0 Å². The Morgan fingerprint density at radius 3 is 2.75 bits per heavy atom. The van der Waals surface area contributed by atoms with Crippen LogP contribution in [0.1, 0.15) is 25.6 Å². The number of pyridine rings is 1. The molecule has 2 rings (SSSR count). The van der Waals surface area contributed by atoms with Crippen molar-refractivity contribution < 1.29 is 0 Å². The third kappa shape index (κ3) is 1.97. The van der Waals surface area contributed by atoms with E-state index in [1.54, 1.807) is 6.20 Å². The first kappa shape index (κ1) is 10.8. The van der Waals surface area contributed by atoms with Gasteiger partial charge in [-0.2, -0.15) is 5.10 Å². The van der Waals surface area contributed by atoms with Gasteiger partial charge in [-0.1, -0.05) is 0 Å². The molecule has 2 heterocycles. The first-order valence-corrected chi connectivity index (χ1v) is 5.41. The van der Waals surface area contributed by atoms with E-state index in [4.69, 9.17) is 5.73 Å². The number of aromatic nitrogens is 3. The van der Waals surface area contributed by atoms with Crippen LogP contribution in [0.3, 0.4) is 0 Å². The van der Waals surface area contributed by atoms with Crippen molar-refractivity contribution in [3.8, 4) is 11.3 Å². The van der Waals surface area contributed by atoms with Gasteiger partial charge in [-0.15, -0.1) is 0 Å². The van der Waals surface area contributed by atoms with Crippen molar-refractivity contribution >= 4 is 0 Å². The summed E-state index contributed by atoms with van der Waals surface area (Å²) in [6.45, 7) is 4.70. The minimum absolute atomic E-state index is 0.323. The summed E-state index contributed by atoms with van der Waals surface area (Å²) in [5.74, 6) is 0. The van der Waals surface area contributed by atoms with Gasteiger partial charge in [0.2, 0.25) is 0 Å².